The van der Waals surface area contributed by atoms with E-state index in [2.05, 4.69) is 14.7 Å². The molecule has 9 heteroatoms. The SMILES string of the molecule is O=C(CCc1cccnc1)c1ccc(CNS(=O)(=O)c2ccc(F)c(Cl)c2)cn1. The van der Waals surface area contributed by atoms with Gasteiger partial charge >= 0.3 is 0 Å². The quantitative estimate of drug-likeness (QED) is 0.548. The molecule has 0 unspecified atom stereocenters. The minimum absolute atomic E-state index is 0.0332. The summed E-state index contributed by atoms with van der Waals surface area (Å²) in [6.45, 7) is -0.0332. The van der Waals surface area contributed by atoms with E-state index in [0.29, 0.717) is 24.1 Å². The maximum absolute atomic E-state index is 13.2. The minimum Gasteiger partial charge on any atom is -0.292 e. The fourth-order valence-electron chi connectivity index (χ4n) is 2.53. The first kappa shape index (κ1) is 21.0. The highest BCUT2D eigenvalue weighted by atomic mass is 35.5. The van der Waals surface area contributed by atoms with Crippen LogP contribution in [-0.2, 0) is 23.0 Å². The van der Waals surface area contributed by atoms with Crippen molar-refractivity contribution in [2.75, 3.05) is 0 Å². The first-order valence-corrected chi connectivity index (χ1v) is 10.5. The molecule has 150 valence electrons. The van der Waals surface area contributed by atoms with Crippen LogP contribution in [0.4, 0.5) is 4.39 Å². The lowest BCUT2D eigenvalue weighted by Gasteiger charge is -2.08. The van der Waals surface area contributed by atoms with Gasteiger partial charge in [0.05, 0.1) is 9.92 Å². The molecule has 6 nitrogen and oxygen atoms in total. The third kappa shape index (κ3) is 5.66. The number of carbonyl (C=O) groups is 1. The van der Waals surface area contributed by atoms with Crippen molar-refractivity contribution >= 4 is 27.4 Å². The summed E-state index contributed by atoms with van der Waals surface area (Å²) in [6.07, 6.45) is 5.69. The molecule has 0 aliphatic heterocycles. The van der Waals surface area contributed by atoms with Crippen LogP contribution in [0.3, 0.4) is 0 Å². The summed E-state index contributed by atoms with van der Waals surface area (Å²) in [5, 5.41) is -0.274. The Balaban J connectivity index is 1.58. The number of sulfonamides is 1. The molecule has 0 atom stereocenters. The molecule has 2 aromatic heterocycles. The third-order valence-corrected chi connectivity index (χ3v) is 5.83. The van der Waals surface area contributed by atoms with Crippen LogP contribution < -0.4 is 4.72 Å². The van der Waals surface area contributed by atoms with E-state index >= 15 is 0 Å². The van der Waals surface area contributed by atoms with E-state index in [9.17, 15) is 17.6 Å². The Hall–Kier alpha value is -2.68. The van der Waals surface area contributed by atoms with E-state index in [1.807, 2.05) is 12.1 Å². The summed E-state index contributed by atoms with van der Waals surface area (Å²) in [4.78, 5) is 20.2. The smallest absolute Gasteiger partial charge is 0.240 e. The van der Waals surface area contributed by atoms with Crippen LogP contribution in [0.2, 0.25) is 5.02 Å². The second-order valence-electron chi connectivity index (χ2n) is 6.24. The molecule has 2 heterocycles. The van der Waals surface area contributed by atoms with Crippen LogP contribution >= 0.6 is 11.6 Å². The number of carbonyl (C=O) groups excluding carboxylic acids is 1. The van der Waals surface area contributed by atoms with Gasteiger partial charge in [0, 0.05) is 31.6 Å². The van der Waals surface area contributed by atoms with Crippen LogP contribution in [0, 0.1) is 5.82 Å². The maximum atomic E-state index is 13.2. The molecule has 0 aliphatic carbocycles. The molecule has 0 amide bonds. The van der Waals surface area contributed by atoms with Crippen molar-refractivity contribution in [3.8, 4) is 0 Å². The molecule has 0 spiro atoms. The number of rotatable bonds is 8. The lowest BCUT2D eigenvalue weighted by atomic mass is 10.1. The largest absolute Gasteiger partial charge is 0.292 e. The summed E-state index contributed by atoms with van der Waals surface area (Å²) in [5.41, 5.74) is 1.85. The summed E-state index contributed by atoms with van der Waals surface area (Å²) < 4.78 is 40.2. The van der Waals surface area contributed by atoms with Crippen molar-refractivity contribution in [3.05, 3.63) is 88.7 Å². The number of nitrogens with one attached hydrogen (secondary N) is 1. The van der Waals surface area contributed by atoms with E-state index in [0.717, 1.165) is 23.8 Å². The third-order valence-electron chi connectivity index (χ3n) is 4.14. The highest BCUT2D eigenvalue weighted by Crippen LogP contribution is 2.19. The maximum Gasteiger partial charge on any atom is 0.240 e. The number of aryl methyl sites for hydroxylation is 1. The monoisotopic (exact) mass is 433 g/mol. The summed E-state index contributed by atoms with van der Waals surface area (Å²) in [5.74, 6) is -0.805. The molecule has 3 rings (SSSR count). The molecular formula is C20H17ClFN3O3S. The molecule has 1 N–H and O–H groups in total. The van der Waals surface area contributed by atoms with Crippen LogP contribution in [0.25, 0.3) is 0 Å². The Kier molecular flexibility index (Phi) is 6.68. The van der Waals surface area contributed by atoms with Crippen molar-refractivity contribution in [1.82, 2.24) is 14.7 Å². The minimum atomic E-state index is -3.87. The van der Waals surface area contributed by atoms with Gasteiger partial charge in [-0.25, -0.2) is 17.5 Å². The Morgan fingerprint density at radius 1 is 1.10 bits per heavy atom. The zero-order chi connectivity index (χ0) is 20.9. The Morgan fingerprint density at radius 2 is 1.93 bits per heavy atom. The molecule has 0 bridgehead atoms. The molecule has 29 heavy (non-hydrogen) atoms. The fraction of sp³-hybridized carbons (Fsp3) is 0.150. The predicted molar refractivity (Wildman–Crippen MR) is 107 cm³/mol. The fourth-order valence-corrected chi connectivity index (χ4v) is 3.82. The van der Waals surface area contributed by atoms with E-state index in [1.165, 1.54) is 6.20 Å². The summed E-state index contributed by atoms with van der Waals surface area (Å²) in [6, 6.07) is 10.1. The van der Waals surface area contributed by atoms with Gasteiger partial charge in [0.1, 0.15) is 11.5 Å². The number of hydrogen-bond donors (Lipinski definition) is 1. The number of pyridine rings is 2. The molecule has 3 aromatic rings. The average Bonchev–Trinajstić information content (AvgIpc) is 2.73. The van der Waals surface area contributed by atoms with Gasteiger partial charge in [-0.15, -0.1) is 0 Å². The number of ketones is 1. The zero-order valence-electron chi connectivity index (χ0n) is 15.2. The average molecular weight is 434 g/mol. The van der Waals surface area contributed by atoms with Gasteiger partial charge in [0.2, 0.25) is 10.0 Å². The molecule has 0 saturated carbocycles. The summed E-state index contributed by atoms with van der Waals surface area (Å²) in [7, 11) is -3.87. The van der Waals surface area contributed by atoms with Crippen LogP contribution in [0.1, 0.15) is 28.0 Å². The molecule has 0 saturated heterocycles. The zero-order valence-corrected chi connectivity index (χ0v) is 16.8. The van der Waals surface area contributed by atoms with Gasteiger partial charge in [-0.3, -0.25) is 14.8 Å². The topological polar surface area (TPSA) is 89.0 Å². The van der Waals surface area contributed by atoms with Crippen molar-refractivity contribution in [2.45, 2.75) is 24.3 Å². The molecular weight excluding hydrogens is 417 g/mol. The lowest BCUT2D eigenvalue weighted by molar-refractivity contribution is 0.0978. The molecule has 1 aromatic carbocycles. The Labute approximate surface area is 172 Å². The van der Waals surface area contributed by atoms with Crippen molar-refractivity contribution in [1.29, 1.82) is 0 Å². The van der Waals surface area contributed by atoms with E-state index in [1.54, 1.807) is 24.5 Å². The van der Waals surface area contributed by atoms with Crippen LogP contribution in [0.5, 0.6) is 0 Å². The molecule has 0 radical (unpaired) electrons. The number of nitrogens with zero attached hydrogens (tertiary/aromatic N) is 2. The number of benzene rings is 1. The first-order valence-electron chi connectivity index (χ1n) is 8.67. The predicted octanol–water partition coefficient (Wildman–Crippen LogP) is 3.56. The van der Waals surface area contributed by atoms with Gasteiger partial charge < -0.3 is 0 Å². The van der Waals surface area contributed by atoms with Crippen LogP contribution in [-0.4, -0.2) is 24.2 Å². The molecule has 0 fully saturated rings. The number of hydrogen-bond acceptors (Lipinski definition) is 5. The number of aromatic nitrogens is 2. The van der Waals surface area contributed by atoms with Crippen molar-refractivity contribution in [3.63, 3.8) is 0 Å². The van der Waals surface area contributed by atoms with Crippen molar-refractivity contribution in [2.24, 2.45) is 0 Å². The van der Waals surface area contributed by atoms with E-state index in [4.69, 9.17) is 11.6 Å². The second kappa shape index (κ2) is 9.21. The molecule has 0 aliphatic rings. The lowest BCUT2D eigenvalue weighted by Crippen LogP contribution is -2.23. The van der Waals surface area contributed by atoms with Gasteiger partial charge in [-0.2, -0.15) is 0 Å². The van der Waals surface area contributed by atoms with Crippen molar-refractivity contribution < 1.29 is 17.6 Å². The van der Waals surface area contributed by atoms with Gasteiger partial charge in [-0.1, -0.05) is 23.7 Å². The normalized spacial score (nSPS) is 11.4. The number of Topliss-reactive ketones (excluding diaryl/α,β-unsaturated/α-hetero) is 1. The van der Waals surface area contributed by atoms with E-state index in [-0.39, 0.29) is 22.2 Å². The summed E-state index contributed by atoms with van der Waals surface area (Å²) >= 11 is 5.64. The Bertz CT molecular complexity index is 1110. The highest BCUT2D eigenvalue weighted by Gasteiger charge is 2.16. The second-order valence-corrected chi connectivity index (χ2v) is 8.41. The first-order chi connectivity index (χ1) is 13.8. The van der Waals surface area contributed by atoms with E-state index < -0.39 is 15.8 Å². The Morgan fingerprint density at radius 3 is 2.59 bits per heavy atom. The van der Waals surface area contributed by atoms with Gasteiger partial charge in [-0.05, 0) is 47.9 Å². The van der Waals surface area contributed by atoms with Crippen LogP contribution in [0.15, 0.2) is 66.0 Å². The van der Waals surface area contributed by atoms with Gasteiger partial charge in [0.25, 0.3) is 0 Å². The standard InChI is InChI=1S/C20H17ClFN3O3S/c21-17-10-16(5-6-18(17)22)29(27,28)25-13-15-3-7-19(24-12-15)20(26)8-4-14-2-1-9-23-11-14/h1-3,5-7,9-12,25H,4,8,13H2. The highest BCUT2D eigenvalue weighted by molar-refractivity contribution is 7.89. The number of halogens is 2. The van der Waals surface area contributed by atoms with Gasteiger partial charge in [0.15, 0.2) is 5.78 Å².